The van der Waals surface area contributed by atoms with E-state index >= 15 is 0 Å². The molecule has 2 N–H and O–H groups in total. The van der Waals surface area contributed by atoms with Gasteiger partial charge >= 0.3 is 0 Å². The van der Waals surface area contributed by atoms with Crippen molar-refractivity contribution in [2.45, 2.75) is 13.5 Å². The van der Waals surface area contributed by atoms with Crippen molar-refractivity contribution in [2.75, 3.05) is 5.32 Å². The summed E-state index contributed by atoms with van der Waals surface area (Å²) < 4.78 is 1.79. The van der Waals surface area contributed by atoms with E-state index < -0.39 is 0 Å². The molecule has 0 bridgehead atoms. The summed E-state index contributed by atoms with van der Waals surface area (Å²) in [5.74, 6) is 0.826. The largest absolute Gasteiger partial charge is 0.364 e. The van der Waals surface area contributed by atoms with Gasteiger partial charge in [-0.2, -0.15) is 10.2 Å². The van der Waals surface area contributed by atoms with Crippen LogP contribution in [0.5, 0.6) is 0 Å². The molecule has 3 heterocycles. The number of aromatic nitrogens is 5. The molecule has 3 rings (SSSR count). The van der Waals surface area contributed by atoms with Crippen LogP contribution in [0.2, 0.25) is 0 Å². The monoisotopic (exact) mass is 268 g/mol. The van der Waals surface area contributed by atoms with Gasteiger partial charge in [-0.3, -0.25) is 9.78 Å². The summed E-state index contributed by atoms with van der Waals surface area (Å²) >= 11 is 0. The Kier molecular flexibility index (Phi) is 3.20. The van der Waals surface area contributed by atoms with Gasteiger partial charge in [0.05, 0.1) is 18.4 Å². The van der Waals surface area contributed by atoms with E-state index in [1.807, 2.05) is 44.6 Å². The smallest absolute Gasteiger partial charge is 0.126 e. The van der Waals surface area contributed by atoms with E-state index in [1.54, 1.807) is 10.9 Å². The zero-order valence-electron chi connectivity index (χ0n) is 11.5. The second kappa shape index (κ2) is 5.16. The third kappa shape index (κ3) is 2.69. The molecule has 0 aliphatic carbocycles. The number of hydrogen-bond donors (Lipinski definition) is 2. The summed E-state index contributed by atoms with van der Waals surface area (Å²) in [5.41, 5.74) is 4.19. The van der Waals surface area contributed by atoms with Gasteiger partial charge < -0.3 is 5.32 Å². The molecule has 0 unspecified atom stereocenters. The average molecular weight is 268 g/mol. The SMILES string of the molecule is Cc1cc(CNc2cc(-c3cnn(C)c3)ccn2)n[nH]1. The van der Waals surface area contributed by atoms with Crippen molar-refractivity contribution in [2.24, 2.45) is 7.05 Å². The Morgan fingerprint density at radius 1 is 1.30 bits per heavy atom. The van der Waals surface area contributed by atoms with Gasteiger partial charge in [-0.25, -0.2) is 4.98 Å². The molecule has 102 valence electrons. The summed E-state index contributed by atoms with van der Waals surface area (Å²) in [5, 5.41) is 14.6. The lowest BCUT2D eigenvalue weighted by atomic mass is 10.1. The Hall–Kier alpha value is -2.63. The molecule has 6 heteroatoms. The van der Waals surface area contributed by atoms with Crippen molar-refractivity contribution < 1.29 is 0 Å². The second-order valence-electron chi connectivity index (χ2n) is 4.73. The molecule has 0 aliphatic heterocycles. The molecule has 0 aromatic carbocycles. The third-order valence-corrected chi connectivity index (χ3v) is 3.01. The van der Waals surface area contributed by atoms with E-state index in [-0.39, 0.29) is 0 Å². The maximum absolute atomic E-state index is 4.32. The number of rotatable bonds is 4. The minimum atomic E-state index is 0.647. The zero-order chi connectivity index (χ0) is 13.9. The number of nitrogens with one attached hydrogen (secondary N) is 2. The highest BCUT2D eigenvalue weighted by atomic mass is 15.2. The number of aromatic amines is 1. The first-order chi connectivity index (χ1) is 9.70. The van der Waals surface area contributed by atoms with Crippen LogP contribution in [0.25, 0.3) is 11.1 Å². The molecule has 0 atom stereocenters. The molecule has 6 nitrogen and oxygen atoms in total. The van der Waals surface area contributed by atoms with E-state index in [2.05, 4.69) is 25.6 Å². The second-order valence-corrected chi connectivity index (χ2v) is 4.73. The predicted molar refractivity (Wildman–Crippen MR) is 77.1 cm³/mol. The molecule has 0 saturated heterocycles. The lowest BCUT2D eigenvalue weighted by Crippen LogP contribution is -2.01. The molecular weight excluding hydrogens is 252 g/mol. The van der Waals surface area contributed by atoms with Crippen LogP contribution < -0.4 is 5.32 Å². The van der Waals surface area contributed by atoms with Crippen molar-refractivity contribution in [3.8, 4) is 11.1 Å². The van der Waals surface area contributed by atoms with E-state index in [9.17, 15) is 0 Å². The van der Waals surface area contributed by atoms with E-state index in [0.717, 1.165) is 28.3 Å². The fourth-order valence-electron chi connectivity index (χ4n) is 2.02. The number of aryl methyl sites for hydroxylation is 2. The summed E-state index contributed by atoms with van der Waals surface area (Å²) in [4.78, 5) is 4.32. The summed E-state index contributed by atoms with van der Waals surface area (Å²) in [6, 6.07) is 6.00. The van der Waals surface area contributed by atoms with E-state index in [0.29, 0.717) is 6.54 Å². The highest BCUT2D eigenvalue weighted by molar-refractivity contribution is 5.64. The predicted octanol–water partition coefficient (Wildman–Crippen LogP) is 2.13. The average Bonchev–Trinajstić information content (AvgIpc) is 3.06. The Bertz CT molecular complexity index is 712. The van der Waals surface area contributed by atoms with Crippen LogP contribution in [-0.4, -0.2) is 25.0 Å². The minimum Gasteiger partial charge on any atom is -0.364 e. The van der Waals surface area contributed by atoms with E-state index in [1.165, 1.54) is 0 Å². The lowest BCUT2D eigenvalue weighted by molar-refractivity contribution is 0.768. The third-order valence-electron chi connectivity index (χ3n) is 3.01. The first-order valence-corrected chi connectivity index (χ1v) is 6.40. The number of H-pyrrole nitrogens is 1. The van der Waals surface area contributed by atoms with Gasteiger partial charge in [0.1, 0.15) is 5.82 Å². The van der Waals surface area contributed by atoms with Crippen LogP contribution in [-0.2, 0) is 13.6 Å². The van der Waals surface area contributed by atoms with Gasteiger partial charge in [0.15, 0.2) is 0 Å². The van der Waals surface area contributed by atoms with Crippen molar-refractivity contribution in [1.29, 1.82) is 0 Å². The van der Waals surface area contributed by atoms with E-state index in [4.69, 9.17) is 0 Å². The van der Waals surface area contributed by atoms with Crippen molar-refractivity contribution >= 4 is 5.82 Å². The molecule has 3 aromatic rings. The van der Waals surface area contributed by atoms with Crippen molar-refractivity contribution in [3.63, 3.8) is 0 Å². The van der Waals surface area contributed by atoms with Crippen LogP contribution in [0.3, 0.4) is 0 Å². The van der Waals surface area contributed by atoms with Gasteiger partial charge in [0.25, 0.3) is 0 Å². The molecule has 0 radical (unpaired) electrons. The minimum absolute atomic E-state index is 0.647. The van der Waals surface area contributed by atoms with Crippen LogP contribution in [0.1, 0.15) is 11.4 Å². The molecule has 0 saturated carbocycles. The fraction of sp³-hybridized carbons (Fsp3) is 0.214. The molecular formula is C14H16N6. The molecule has 3 aromatic heterocycles. The topological polar surface area (TPSA) is 71.4 Å². The van der Waals surface area contributed by atoms with Gasteiger partial charge in [-0.1, -0.05) is 0 Å². The van der Waals surface area contributed by atoms with Crippen LogP contribution >= 0.6 is 0 Å². The quantitative estimate of drug-likeness (QED) is 0.760. The maximum Gasteiger partial charge on any atom is 0.126 e. The van der Waals surface area contributed by atoms with Crippen molar-refractivity contribution in [3.05, 3.63) is 48.2 Å². The molecule has 0 amide bonds. The molecule has 20 heavy (non-hydrogen) atoms. The molecule has 0 aliphatic rings. The summed E-state index contributed by atoms with van der Waals surface area (Å²) in [7, 11) is 1.91. The molecule has 0 spiro atoms. The maximum atomic E-state index is 4.32. The fourth-order valence-corrected chi connectivity index (χ4v) is 2.02. The van der Waals surface area contributed by atoms with Crippen LogP contribution in [0.15, 0.2) is 36.8 Å². The first-order valence-electron chi connectivity index (χ1n) is 6.40. The highest BCUT2D eigenvalue weighted by Crippen LogP contribution is 2.20. The van der Waals surface area contributed by atoms with Gasteiger partial charge in [-0.15, -0.1) is 0 Å². The van der Waals surface area contributed by atoms with Crippen LogP contribution in [0.4, 0.5) is 5.82 Å². The highest BCUT2D eigenvalue weighted by Gasteiger charge is 2.03. The van der Waals surface area contributed by atoms with Crippen LogP contribution in [0, 0.1) is 6.92 Å². The Labute approximate surface area is 116 Å². The summed E-state index contributed by atoms with van der Waals surface area (Å²) in [6.45, 7) is 2.63. The first kappa shape index (κ1) is 12.4. The normalized spacial score (nSPS) is 10.7. The van der Waals surface area contributed by atoms with Gasteiger partial charge in [-0.05, 0) is 30.7 Å². The Morgan fingerprint density at radius 2 is 2.20 bits per heavy atom. The standard InChI is InChI=1S/C14H16N6/c1-10-5-13(19-18-10)8-16-14-6-11(3-4-15-14)12-7-17-20(2)9-12/h3-7,9H,8H2,1-2H3,(H,15,16)(H,18,19). The van der Waals surface area contributed by atoms with Crippen molar-refractivity contribution in [1.82, 2.24) is 25.0 Å². The molecule has 0 fully saturated rings. The zero-order valence-corrected chi connectivity index (χ0v) is 11.5. The summed E-state index contributed by atoms with van der Waals surface area (Å²) in [6.07, 6.45) is 5.62. The Balaban J connectivity index is 1.74. The lowest BCUT2D eigenvalue weighted by Gasteiger charge is -2.05. The number of hydrogen-bond acceptors (Lipinski definition) is 4. The Morgan fingerprint density at radius 3 is 2.90 bits per heavy atom. The van der Waals surface area contributed by atoms with Gasteiger partial charge in [0.2, 0.25) is 0 Å². The number of pyridine rings is 1. The van der Waals surface area contributed by atoms with Gasteiger partial charge in [0, 0.05) is 30.7 Å². The number of nitrogens with zero attached hydrogens (tertiary/aromatic N) is 4. The number of anilines is 1.